The minimum absolute atomic E-state index is 0.0716. The largest absolute Gasteiger partial charge is 0.367 e. The Bertz CT molecular complexity index is 1630. The maximum atomic E-state index is 14.0. The van der Waals surface area contributed by atoms with Gasteiger partial charge in [-0.3, -0.25) is 9.59 Å². The molecule has 1 saturated heterocycles. The number of rotatable bonds is 10. The van der Waals surface area contributed by atoms with E-state index >= 15 is 0 Å². The van der Waals surface area contributed by atoms with E-state index < -0.39 is 6.04 Å². The number of piperazine rings is 1. The summed E-state index contributed by atoms with van der Waals surface area (Å²) in [5.41, 5.74) is 5.30. The van der Waals surface area contributed by atoms with Gasteiger partial charge in [-0.25, -0.2) is 4.68 Å². The molecule has 45 heavy (non-hydrogen) atoms. The predicted octanol–water partition coefficient (Wildman–Crippen LogP) is 4.26. The first-order valence-corrected chi connectivity index (χ1v) is 16.0. The average molecular weight is 627 g/mol. The Kier molecular flexibility index (Phi) is 9.42. The number of nitrogens with one attached hydrogen (secondary N) is 2. The van der Waals surface area contributed by atoms with Crippen LogP contribution in [-0.4, -0.2) is 69.1 Å². The standard InChI is InChI=1S/C34H39ClN8O2/c1-23(2)22-43-33(38-39-40-43)28-9-5-6-10-31(28)41-15-17-42(18-16-41)34(45)30(19-24-11-13-26(35)14-12-24)37-32(44)20-29-27-8-4-3-7-25(27)21-36-29/h3-14,23,29-30,36H,15-22H2,1-2H3,(H,37,44)/t29?,30-/m1/s1. The fraction of sp³-hybridized carbons (Fsp3) is 0.382. The van der Waals surface area contributed by atoms with E-state index in [2.05, 4.69) is 63.1 Å². The van der Waals surface area contributed by atoms with Crippen molar-refractivity contribution in [1.82, 2.24) is 35.7 Å². The summed E-state index contributed by atoms with van der Waals surface area (Å²) in [5.74, 6) is 0.915. The van der Waals surface area contributed by atoms with Crippen LogP contribution in [0.25, 0.3) is 11.4 Å². The summed E-state index contributed by atoms with van der Waals surface area (Å²) in [6.45, 7) is 8.12. The minimum Gasteiger partial charge on any atom is -0.367 e. The fourth-order valence-electron chi connectivity index (χ4n) is 6.25. The van der Waals surface area contributed by atoms with Gasteiger partial charge >= 0.3 is 0 Å². The normalized spacial score (nSPS) is 16.9. The van der Waals surface area contributed by atoms with Gasteiger partial charge < -0.3 is 20.4 Å². The minimum atomic E-state index is -0.685. The van der Waals surface area contributed by atoms with E-state index in [1.54, 1.807) is 0 Å². The average Bonchev–Trinajstić information content (AvgIpc) is 3.68. The van der Waals surface area contributed by atoms with E-state index in [1.807, 2.05) is 64.2 Å². The summed E-state index contributed by atoms with van der Waals surface area (Å²) in [7, 11) is 0. The zero-order valence-corrected chi connectivity index (χ0v) is 26.5. The van der Waals surface area contributed by atoms with Crippen LogP contribution in [0.2, 0.25) is 5.02 Å². The molecule has 11 heteroatoms. The summed E-state index contributed by atoms with van der Waals surface area (Å²) < 4.78 is 1.85. The van der Waals surface area contributed by atoms with Gasteiger partial charge in [-0.05, 0) is 57.3 Å². The second-order valence-corrected chi connectivity index (χ2v) is 12.6. The number of carbonyl (C=O) groups excluding carboxylic acids is 2. The number of hydrogen-bond acceptors (Lipinski definition) is 7. The number of aromatic nitrogens is 4. The van der Waals surface area contributed by atoms with Crippen LogP contribution in [0.1, 0.15) is 43.0 Å². The van der Waals surface area contributed by atoms with Gasteiger partial charge in [-0.1, -0.05) is 74.0 Å². The molecule has 2 atom stereocenters. The fourth-order valence-corrected chi connectivity index (χ4v) is 6.37. The molecular formula is C34H39ClN8O2. The molecule has 4 aromatic rings. The summed E-state index contributed by atoms with van der Waals surface area (Å²) in [6, 6.07) is 23.0. The van der Waals surface area contributed by atoms with Crippen molar-refractivity contribution in [3.8, 4) is 11.4 Å². The van der Waals surface area contributed by atoms with Gasteiger partial charge in [0.2, 0.25) is 11.8 Å². The lowest BCUT2D eigenvalue weighted by atomic mass is 10.0. The van der Waals surface area contributed by atoms with Gasteiger partial charge in [0.1, 0.15) is 6.04 Å². The van der Waals surface area contributed by atoms with E-state index in [0.29, 0.717) is 43.5 Å². The van der Waals surface area contributed by atoms with Crippen molar-refractivity contribution in [2.75, 3.05) is 31.1 Å². The van der Waals surface area contributed by atoms with Crippen molar-refractivity contribution in [1.29, 1.82) is 0 Å². The quantitative estimate of drug-likeness (QED) is 0.271. The van der Waals surface area contributed by atoms with Crippen LogP contribution in [0.4, 0.5) is 5.69 Å². The molecule has 3 heterocycles. The van der Waals surface area contributed by atoms with Crippen molar-refractivity contribution >= 4 is 29.1 Å². The third-order valence-electron chi connectivity index (χ3n) is 8.49. The molecule has 2 aliphatic heterocycles. The zero-order valence-electron chi connectivity index (χ0n) is 25.7. The number of para-hydroxylation sites is 1. The Morgan fingerprint density at radius 1 is 0.978 bits per heavy atom. The number of nitrogens with zero attached hydrogens (tertiary/aromatic N) is 6. The number of halogens is 1. The Balaban J connectivity index is 1.14. The first kappa shape index (κ1) is 30.7. The molecule has 3 aromatic carbocycles. The molecule has 1 fully saturated rings. The Hall–Kier alpha value is -4.28. The van der Waals surface area contributed by atoms with Gasteiger partial charge in [0, 0.05) is 74.4 Å². The smallest absolute Gasteiger partial charge is 0.245 e. The Morgan fingerprint density at radius 3 is 2.49 bits per heavy atom. The van der Waals surface area contributed by atoms with Crippen molar-refractivity contribution in [2.24, 2.45) is 5.92 Å². The van der Waals surface area contributed by atoms with Gasteiger partial charge in [-0.2, -0.15) is 0 Å². The first-order valence-electron chi connectivity index (χ1n) is 15.6. The summed E-state index contributed by atoms with van der Waals surface area (Å²) in [6.07, 6.45) is 0.653. The van der Waals surface area contributed by atoms with E-state index in [9.17, 15) is 9.59 Å². The summed E-state index contributed by atoms with van der Waals surface area (Å²) in [4.78, 5) is 31.5. The third kappa shape index (κ3) is 7.18. The SMILES string of the molecule is CC(C)Cn1nnnc1-c1ccccc1N1CCN(C(=O)[C@@H](Cc2ccc(Cl)cc2)NC(=O)CC2NCc3ccccc32)CC1. The number of anilines is 1. The third-order valence-corrected chi connectivity index (χ3v) is 8.74. The summed E-state index contributed by atoms with van der Waals surface area (Å²) >= 11 is 6.12. The predicted molar refractivity (Wildman–Crippen MR) is 175 cm³/mol. The number of amides is 2. The molecule has 10 nitrogen and oxygen atoms in total. The molecule has 2 N–H and O–H groups in total. The molecule has 0 aliphatic carbocycles. The molecule has 0 radical (unpaired) electrons. The molecule has 2 aliphatic rings. The number of benzene rings is 3. The van der Waals surface area contributed by atoms with Gasteiger partial charge in [0.25, 0.3) is 0 Å². The summed E-state index contributed by atoms with van der Waals surface area (Å²) in [5, 5.41) is 19.7. The maximum Gasteiger partial charge on any atom is 0.245 e. The highest BCUT2D eigenvalue weighted by atomic mass is 35.5. The number of tetrazole rings is 1. The molecule has 1 unspecified atom stereocenters. The molecule has 0 saturated carbocycles. The maximum absolute atomic E-state index is 14.0. The van der Waals surface area contributed by atoms with Crippen molar-refractivity contribution in [3.63, 3.8) is 0 Å². The van der Waals surface area contributed by atoms with Crippen LogP contribution in [-0.2, 0) is 29.1 Å². The van der Waals surface area contributed by atoms with Crippen LogP contribution in [0, 0.1) is 5.92 Å². The zero-order chi connectivity index (χ0) is 31.3. The van der Waals surface area contributed by atoms with Gasteiger partial charge in [0.15, 0.2) is 5.82 Å². The highest BCUT2D eigenvalue weighted by molar-refractivity contribution is 6.30. The van der Waals surface area contributed by atoms with Gasteiger partial charge in [-0.15, -0.1) is 5.10 Å². The topological polar surface area (TPSA) is 108 Å². The number of hydrogen-bond donors (Lipinski definition) is 2. The molecule has 1 aromatic heterocycles. The molecule has 2 amide bonds. The molecular weight excluding hydrogens is 588 g/mol. The van der Waals surface area contributed by atoms with Crippen LogP contribution in [0.5, 0.6) is 0 Å². The Labute approximate surface area is 268 Å². The van der Waals surface area contributed by atoms with Gasteiger partial charge in [0.05, 0.1) is 0 Å². The number of fused-ring (bicyclic) bond motifs is 1. The molecule has 0 spiro atoms. The van der Waals surface area contributed by atoms with Crippen LogP contribution < -0.4 is 15.5 Å². The second-order valence-electron chi connectivity index (χ2n) is 12.2. The van der Waals surface area contributed by atoms with E-state index in [1.165, 1.54) is 5.56 Å². The highest BCUT2D eigenvalue weighted by Crippen LogP contribution is 2.31. The van der Waals surface area contributed by atoms with Crippen molar-refractivity contribution in [3.05, 3.63) is 94.5 Å². The number of carbonyl (C=O) groups is 2. The Morgan fingerprint density at radius 2 is 1.71 bits per heavy atom. The second kappa shape index (κ2) is 13.8. The van der Waals surface area contributed by atoms with E-state index in [-0.39, 0.29) is 24.3 Å². The van der Waals surface area contributed by atoms with Crippen molar-refractivity contribution in [2.45, 2.75) is 51.9 Å². The van der Waals surface area contributed by atoms with E-state index in [0.717, 1.165) is 41.3 Å². The highest BCUT2D eigenvalue weighted by Gasteiger charge is 2.31. The van der Waals surface area contributed by atoms with Crippen molar-refractivity contribution < 1.29 is 9.59 Å². The first-order chi connectivity index (χ1) is 21.9. The van der Waals surface area contributed by atoms with E-state index in [4.69, 9.17) is 11.6 Å². The molecule has 0 bridgehead atoms. The molecule has 234 valence electrons. The monoisotopic (exact) mass is 626 g/mol. The van der Waals surface area contributed by atoms with Crippen LogP contribution >= 0.6 is 11.6 Å². The lowest BCUT2D eigenvalue weighted by Gasteiger charge is -2.38. The lowest BCUT2D eigenvalue weighted by Crippen LogP contribution is -2.55. The van der Waals surface area contributed by atoms with Crippen LogP contribution in [0.3, 0.4) is 0 Å². The lowest BCUT2D eigenvalue weighted by molar-refractivity contribution is -0.136. The van der Waals surface area contributed by atoms with Crippen LogP contribution in [0.15, 0.2) is 72.8 Å². The molecule has 6 rings (SSSR count).